The van der Waals surface area contributed by atoms with Crippen molar-refractivity contribution in [1.82, 2.24) is 0 Å². The first-order chi connectivity index (χ1) is 7.08. The maximum absolute atomic E-state index is 11.2. The lowest BCUT2D eigenvalue weighted by Crippen LogP contribution is -2.09. The van der Waals surface area contributed by atoms with Crippen molar-refractivity contribution >= 4 is 43.5 Å². The van der Waals surface area contributed by atoms with Crippen LogP contribution in [0.3, 0.4) is 0 Å². The molecule has 1 aromatic rings. The summed E-state index contributed by atoms with van der Waals surface area (Å²) in [4.78, 5) is 11.2. The van der Waals surface area contributed by atoms with Gasteiger partial charge in [-0.05, 0) is 44.0 Å². The molecule has 3 nitrogen and oxygen atoms in total. The average Bonchev–Trinajstić information content (AvgIpc) is 2.17. The Morgan fingerprint density at radius 2 is 1.93 bits per heavy atom. The molecule has 0 bridgehead atoms. The van der Waals surface area contributed by atoms with Crippen LogP contribution in [0.2, 0.25) is 0 Å². The summed E-state index contributed by atoms with van der Waals surface area (Å²) >= 11 is 6.73. The van der Waals surface area contributed by atoms with E-state index in [4.69, 9.17) is 4.74 Å². The number of hydrogen-bond donors (Lipinski definition) is 1. The zero-order valence-electron chi connectivity index (χ0n) is 8.43. The Bertz CT molecular complexity index is 357. The van der Waals surface area contributed by atoms with Gasteiger partial charge in [-0.2, -0.15) is 0 Å². The number of rotatable bonds is 3. The molecule has 0 spiro atoms. The van der Waals surface area contributed by atoms with Gasteiger partial charge in [0.1, 0.15) is 5.75 Å². The van der Waals surface area contributed by atoms with Crippen LogP contribution in [0.25, 0.3) is 0 Å². The summed E-state index contributed by atoms with van der Waals surface area (Å²) in [5.74, 6) is 0.698. The molecular weight excluding hydrogens is 326 g/mol. The standard InChI is InChI=1S/C10H11Br2NO2/c1-3-9(14)13-6-4-7(11)10(15-2)8(12)5-6/h4-5H,3H2,1-2H3,(H,13,14). The molecule has 0 unspecified atom stereocenters. The highest BCUT2D eigenvalue weighted by molar-refractivity contribution is 9.11. The highest BCUT2D eigenvalue weighted by atomic mass is 79.9. The third kappa shape index (κ3) is 3.21. The van der Waals surface area contributed by atoms with Gasteiger partial charge in [-0.1, -0.05) is 6.92 Å². The molecule has 1 N–H and O–H groups in total. The van der Waals surface area contributed by atoms with Gasteiger partial charge in [-0.3, -0.25) is 4.79 Å². The third-order valence-corrected chi connectivity index (χ3v) is 2.99. The Balaban J connectivity index is 2.98. The van der Waals surface area contributed by atoms with Crippen molar-refractivity contribution in [3.05, 3.63) is 21.1 Å². The topological polar surface area (TPSA) is 38.3 Å². The molecule has 0 fully saturated rings. The number of hydrogen-bond acceptors (Lipinski definition) is 2. The van der Waals surface area contributed by atoms with E-state index < -0.39 is 0 Å². The smallest absolute Gasteiger partial charge is 0.224 e. The fourth-order valence-corrected chi connectivity index (χ4v) is 2.59. The molecule has 0 heterocycles. The van der Waals surface area contributed by atoms with E-state index in [-0.39, 0.29) is 5.91 Å². The highest BCUT2D eigenvalue weighted by Gasteiger charge is 2.08. The van der Waals surface area contributed by atoms with Crippen molar-refractivity contribution in [3.63, 3.8) is 0 Å². The first kappa shape index (κ1) is 12.5. The number of halogens is 2. The lowest BCUT2D eigenvalue weighted by atomic mass is 10.3. The predicted molar refractivity (Wildman–Crippen MR) is 67.3 cm³/mol. The molecule has 5 heteroatoms. The van der Waals surface area contributed by atoms with Crippen LogP contribution in [0.5, 0.6) is 5.75 Å². The van der Waals surface area contributed by atoms with Crippen molar-refractivity contribution in [3.8, 4) is 5.75 Å². The normalized spacial score (nSPS) is 9.87. The van der Waals surface area contributed by atoms with Crippen molar-refractivity contribution < 1.29 is 9.53 Å². The summed E-state index contributed by atoms with van der Waals surface area (Å²) in [6.07, 6.45) is 0.460. The molecule has 1 amide bonds. The van der Waals surface area contributed by atoms with Crippen LogP contribution in [-0.4, -0.2) is 13.0 Å². The van der Waals surface area contributed by atoms with Gasteiger partial charge in [0.25, 0.3) is 0 Å². The predicted octanol–water partition coefficient (Wildman–Crippen LogP) is 3.57. The molecular formula is C10H11Br2NO2. The van der Waals surface area contributed by atoms with Gasteiger partial charge < -0.3 is 10.1 Å². The molecule has 0 aliphatic carbocycles. The van der Waals surface area contributed by atoms with E-state index in [9.17, 15) is 4.79 Å². The van der Waals surface area contributed by atoms with Crippen molar-refractivity contribution in [2.75, 3.05) is 12.4 Å². The minimum absolute atomic E-state index is 0.0148. The second-order valence-electron chi connectivity index (χ2n) is 2.87. The van der Waals surface area contributed by atoms with E-state index in [1.54, 1.807) is 19.2 Å². The minimum atomic E-state index is -0.0148. The van der Waals surface area contributed by atoms with Gasteiger partial charge in [0, 0.05) is 12.1 Å². The van der Waals surface area contributed by atoms with Gasteiger partial charge in [0.15, 0.2) is 0 Å². The molecule has 0 saturated heterocycles. The van der Waals surface area contributed by atoms with E-state index in [2.05, 4.69) is 37.2 Å². The molecule has 15 heavy (non-hydrogen) atoms. The zero-order valence-corrected chi connectivity index (χ0v) is 11.6. The Morgan fingerprint density at radius 1 is 1.40 bits per heavy atom. The number of ether oxygens (including phenoxy) is 1. The first-order valence-corrected chi connectivity index (χ1v) is 6.00. The van der Waals surface area contributed by atoms with Crippen molar-refractivity contribution in [2.45, 2.75) is 13.3 Å². The van der Waals surface area contributed by atoms with Crippen molar-refractivity contribution in [1.29, 1.82) is 0 Å². The van der Waals surface area contributed by atoms with E-state index in [0.717, 1.165) is 14.6 Å². The largest absolute Gasteiger partial charge is 0.494 e. The molecule has 0 aliphatic rings. The van der Waals surface area contributed by atoms with Gasteiger partial charge in [-0.25, -0.2) is 0 Å². The summed E-state index contributed by atoms with van der Waals surface area (Å²) in [7, 11) is 1.59. The van der Waals surface area contributed by atoms with Crippen LogP contribution in [0.4, 0.5) is 5.69 Å². The number of amides is 1. The number of anilines is 1. The summed E-state index contributed by atoms with van der Waals surface area (Å²) in [5.41, 5.74) is 0.737. The summed E-state index contributed by atoms with van der Waals surface area (Å²) in [6, 6.07) is 3.61. The number of carbonyl (C=O) groups excluding carboxylic acids is 1. The Morgan fingerprint density at radius 3 is 2.33 bits per heavy atom. The summed E-state index contributed by atoms with van der Waals surface area (Å²) in [5, 5.41) is 2.77. The maximum atomic E-state index is 11.2. The molecule has 0 saturated carbocycles. The van der Waals surface area contributed by atoms with Crippen LogP contribution in [0.15, 0.2) is 21.1 Å². The quantitative estimate of drug-likeness (QED) is 0.916. The van der Waals surface area contributed by atoms with Gasteiger partial charge in [-0.15, -0.1) is 0 Å². The third-order valence-electron chi connectivity index (χ3n) is 1.81. The van der Waals surface area contributed by atoms with Crippen molar-refractivity contribution in [2.24, 2.45) is 0 Å². The summed E-state index contributed by atoms with van der Waals surface area (Å²) in [6.45, 7) is 1.81. The molecule has 0 aliphatic heterocycles. The molecule has 1 aromatic carbocycles. The van der Waals surface area contributed by atoms with Crippen LogP contribution in [-0.2, 0) is 4.79 Å². The molecule has 0 atom stereocenters. The molecule has 82 valence electrons. The second-order valence-corrected chi connectivity index (χ2v) is 4.58. The Hall–Kier alpha value is -0.550. The number of benzene rings is 1. The number of methoxy groups -OCH3 is 1. The second kappa shape index (κ2) is 5.51. The van der Waals surface area contributed by atoms with E-state index >= 15 is 0 Å². The van der Waals surface area contributed by atoms with Crippen LogP contribution < -0.4 is 10.1 Å². The Kier molecular flexibility index (Phi) is 4.60. The van der Waals surface area contributed by atoms with E-state index in [0.29, 0.717) is 12.2 Å². The lowest BCUT2D eigenvalue weighted by Gasteiger charge is -2.09. The Labute approximate surface area is 105 Å². The zero-order chi connectivity index (χ0) is 11.4. The van der Waals surface area contributed by atoms with Gasteiger partial charge in [0.2, 0.25) is 5.91 Å². The fourth-order valence-electron chi connectivity index (χ4n) is 1.08. The fraction of sp³-hybridized carbons (Fsp3) is 0.300. The minimum Gasteiger partial charge on any atom is -0.494 e. The summed E-state index contributed by atoms with van der Waals surface area (Å²) < 4.78 is 6.75. The van der Waals surface area contributed by atoms with Crippen LogP contribution >= 0.6 is 31.9 Å². The molecule has 0 aromatic heterocycles. The van der Waals surface area contributed by atoms with Crippen LogP contribution in [0.1, 0.15) is 13.3 Å². The number of carbonyl (C=O) groups is 1. The monoisotopic (exact) mass is 335 g/mol. The lowest BCUT2D eigenvalue weighted by molar-refractivity contribution is -0.115. The average molecular weight is 337 g/mol. The highest BCUT2D eigenvalue weighted by Crippen LogP contribution is 2.36. The number of nitrogens with one attached hydrogen (secondary N) is 1. The van der Waals surface area contributed by atoms with Gasteiger partial charge in [0.05, 0.1) is 16.1 Å². The van der Waals surface area contributed by atoms with E-state index in [1.165, 1.54) is 0 Å². The first-order valence-electron chi connectivity index (χ1n) is 4.41. The SMILES string of the molecule is CCC(=O)Nc1cc(Br)c(OC)c(Br)c1. The van der Waals surface area contributed by atoms with E-state index in [1.807, 2.05) is 6.92 Å². The van der Waals surface area contributed by atoms with Gasteiger partial charge >= 0.3 is 0 Å². The molecule has 0 radical (unpaired) electrons. The van der Waals surface area contributed by atoms with Crippen LogP contribution in [0, 0.1) is 0 Å². The maximum Gasteiger partial charge on any atom is 0.224 e. The molecule has 1 rings (SSSR count).